The molecule has 1 saturated heterocycles. The normalized spacial score (nSPS) is 16.5. The average molecular weight is 372 g/mol. The number of rotatable bonds is 4. The SMILES string of the molecule is O=CN1CCC(C(=O)/C(=N/O)Nc2ccc(F)c(Br)c2)CC1. The molecule has 2 rings (SSSR count). The summed E-state index contributed by atoms with van der Waals surface area (Å²) >= 11 is 3.05. The van der Waals surface area contributed by atoms with Crippen LogP contribution in [0.3, 0.4) is 0 Å². The van der Waals surface area contributed by atoms with Crippen LogP contribution in [0.1, 0.15) is 12.8 Å². The van der Waals surface area contributed by atoms with Gasteiger partial charge in [0.25, 0.3) is 0 Å². The number of Topliss-reactive ketones (excluding diaryl/α,β-unsaturated/α-hetero) is 1. The number of hydrogen-bond donors (Lipinski definition) is 2. The maximum absolute atomic E-state index is 13.2. The van der Waals surface area contributed by atoms with Gasteiger partial charge in [0.15, 0.2) is 0 Å². The molecule has 6 nitrogen and oxygen atoms in total. The van der Waals surface area contributed by atoms with E-state index in [2.05, 4.69) is 26.4 Å². The van der Waals surface area contributed by atoms with Gasteiger partial charge in [-0.1, -0.05) is 5.16 Å². The molecule has 0 unspecified atom stereocenters. The van der Waals surface area contributed by atoms with Crippen molar-refractivity contribution in [3.63, 3.8) is 0 Å². The molecule has 1 aliphatic rings. The minimum absolute atomic E-state index is 0.192. The number of ketones is 1. The average Bonchev–Trinajstić information content (AvgIpc) is 2.55. The lowest BCUT2D eigenvalue weighted by atomic mass is 9.92. The maximum atomic E-state index is 13.2. The summed E-state index contributed by atoms with van der Waals surface area (Å²) in [5.41, 5.74) is 0.430. The molecule has 0 aromatic heterocycles. The van der Waals surface area contributed by atoms with Crippen LogP contribution in [0.25, 0.3) is 0 Å². The number of nitrogens with one attached hydrogen (secondary N) is 1. The van der Waals surface area contributed by atoms with E-state index in [-0.39, 0.29) is 22.0 Å². The van der Waals surface area contributed by atoms with Gasteiger partial charge in [0.1, 0.15) is 5.82 Å². The molecule has 1 aromatic carbocycles. The van der Waals surface area contributed by atoms with E-state index in [1.807, 2.05) is 0 Å². The Kier molecular flexibility index (Phi) is 5.48. The van der Waals surface area contributed by atoms with Gasteiger partial charge < -0.3 is 15.4 Å². The highest BCUT2D eigenvalue weighted by atomic mass is 79.9. The molecule has 0 bridgehead atoms. The van der Waals surface area contributed by atoms with Crippen molar-refractivity contribution in [1.82, 2.24) is 4.90 Å². The third-order valence-electron chi connectivity index (χ3n) is 3.57. The minimum atomic E-state index is -0.430. The van der Waals surface area contributed by atoms with Gasteiger partial charge in [-0.15, -0.1) is 0 Å². The van der Waals surface area contributed by atoms with Gasteiger partial charge in [-0.2, -0.15) is 0 Å². The summed E-state index contributed by atoms with van der Waals surface area (Å²) in [5.74, 6) is -1.25. The van der Waals surface area contributed by atoms with Gasteiger partial charge in [0.2, 0.25) is 18.0 Å². The van der Waals surface area contributed by atoms with Crippen molar-refractivity contribution in [1.29, 1.82) is 0 Å². The zero-order valence-corrected chi connectivity index (χ0v) is 13.2. The first-order valence-electron chi connectivity index (χ1n) is 6.73. The van der Waals surface area contributed by atoms with Crippen LogP contribution in [0, 0.1) is 11.7 Å². The van der Waals surface area contributed by atoms with Crippen LogP contribution in [-0.4, -0.2) is 41.2 Å². The summed E-state index contributed by atoms with van der Waals surface area (Å²) < 4.78 is 13.4. The summed E-state index contributed by atoms with van der Waals surface area (Å²) in [6.07, 6.45) is 1.80. The molecule has 118 valence electrons. The van der Waals surface area contributed by atoms with E-state index >= 15 is 0 Å². The summed E-state index contributed by atoms with van der Waals surface area (Å²) in [7, 11) is 0. The Bertz CT molecular complexity index is 601. The molecular formula is C14H15BrFN3O3. The number of likely N-dealkylation sites (tertiary alicyclic amines) is 1. The Hall–Kier alpha value is -1.96. The van der Waals surface area contributed by atoms with Crippen molar-refractivity contribution in [2.75, 3.05) is 18.4 Å². The van der Waals surface area contributed by atoms with Crippen LogP contribution in [0.4, 0.5) is 10.1 Å². The lowest BCUT2D eigenvalue weighted by Gasteiger charge is -2.28. The highest BCUT2D eigenvalue weighted by Gasteiger charge is 2.28. The summed E-state index contributed by atoms with van der Waals surface area (Å²) in [5, 5.41) is 14.8. The largest absolute Gasteiger partial charge is 0.409 e. The Labute approximate surface area is 135 Å². The van der Waals surface area contributed by atoms with Crippen molar-refractivity contribution in [2.45, 2.75) is 12.8 Å². The van der Waals surface area contributed by atoms with Gasteiger partial charge in [-0.25, -0.2) is 4.39 Å². The van der Waals surface area contributed by atoms with Crippen LogP contribution in [-0.2, 0) is 9.59 Å². The first-order valence-corrected chi connectivity index (χ1v) is 7.52. The molecule has 0 saturated carbocycles. The number of amidine groups is 1. The van der Waals surface area contributed by atoms with Crippen molar-refractivity contribution in [3.8, 4) is 0 Å². The molecule has 1 aliphatic heterocycles. The minimum Gasteiger partial charge on any atom is -0.409 e. The maximum Gasteiger partial charge on any atom is 0.213 e. The van der Waals surface area contributed by atoms with Crippen LogP contribution < -0.4 is 5.32 Å². The molecule has 1 fully saturated rings. The highest BCUT2D eigenvalue weighted by molar-refractivity contribution is 9.10. The number of carbonyl (C=O) groups excluding carboxylic acids is 2. The van der Waals surface area contributed by atoms with Crippen LogP contribution in [0.2, 0.25) is 0 Å². The number of benzene rings is 1. The molecule has 1 heterocycles. The number of piperidine rings is 1. The predicted octanol–water partition coefficient (Wildman–Crippen LogP) is 2.23. The van der Waals surface area contributed by atoms with Crippen molar-refractivity contribution in [3.05, 3.63) is 28.5 Å². The molecule has 1 aromatic rings. The Morgan fingerprint density at radius 3 is 2.68 bits per heavy atom. The first-order chi connectivity index (χ1) is 10.5. The summed E-state index contributed by atoms with van der Waals surface area (Å²) in [6, 6.07) is 4.12. The van der Waals surface area contributed by atoms with Crippen molar-refractivity contribution >= 4 is 39.6 Å². The highest BCUT2D eigenvalue weighted by Crippen LogP contribution is 2.22. The third kappa shape index (κ3) is 3.82. The molecule has 0 atom stereocenters. The fourth-order valence-electron chi connectivity index (χ4n) is 2.31. The van der Waals surface area contributed by atoms with E-state index < -0.39 is 5.82 Å². The van der Waals surface area contributed by atoms with Gasteiger partial charge in [-0.3, -0.25) is 9.59 Å². The van der Waals surface area contributed by atoms with Gasteiger partial charge in [0, 0.05) is 24.7 Å². The molecule has 2 N–H and O–H groups in total. The molecule has 0 spiro atoms. The second-order valence-electron chi connectivity index (χ2n) is 4.98. The van der Waals surface area contributed by atoms with Crippen molar-refractivity contribution in [2.24, 2.45) is 11.1 Å². The van der Waals surface area contributed by atoms with Crippen LogP contribution in [0.5, 0.6) is 0 Å². The van der Waals surface area contributed by atoms with E-state index in [1.54, 1.807) is 4.90 Å². The van der Waals surface area contributed by atoms with Gasteiger partial charge in [-0.05, 0) is 47.0 Å². The van der Waals surface area contributed by atoms with E-state index in [9.17, 15) is 14.0 Å². The van der Waals surface area contributed by atoms with Gasteiger partial charge >= 0.3 is 0 Å². The number of hydrogen-bond acceptors (Lipinski definition) is 4. The number of nitrogens with zero attached hydrogens (tertiary/aromatic N) is 2. The second kappa shape index (κ2) is 7.35. The fraction of sp³-hybridized carbons (Fsp3) is 0.357. The fourth-order valence-corrected chi connectivity index (χ4v) is 2.69. The Morgan fingerprint density at radius 2 is 2.14 bits per heavy atom. The topological polar surface area (TPSA) is 82.0 Å². The molecule has 1 amide bonds. The Balaban J connectivity index is 2.03. The summed E-state index contributed by atoms with van der Waals surface area (Å²) in [6.45, 7) is 1.00. The zero-order chi connectivity index (χ0) is 16.1. The van der Waals surface area contributed by atoms with E-state index in [0.717, 1.165) is 6.41 Å². The van der Waals surface area contributed by atoms with E-state index in [4.69, 9.17) is 5.21 Å². The van der Waals surface area contributed by atoms with Gasteiger partial charge in [0.05, 0.1) is 4.47 Å². The molecule has 0 radical (unpaired) electrons. The monoisotopic (exact) mass is 371 g/mol. The number of amides is 1. The molecule has 0 aliphatic carbocycles. The zero-order valence-electron chi connectivity index (χ0n) is 11.6. The van der Waals surface area contributed by atoms with E-state index in [0.29, 0.717) is 31.6 Å². The second-order valence-corrected chi connectivity index (χ2v) is 5.84. The summed E-state index contributed by atoms with van der Waals surface area (Å²) in [4.78, 5) is 24.6. The number of halogens is 2. The lowest BCUT2D eigenvalue weighted by Crippen LogP contribution is -2.39. The molecular weight excluding hydrogens is 357 g/mol. The van der Waals surface area contributed by atoms with Crippen LogP contribution >= 0.6 is 15.9 Å². The number of anilines is 1. The lowest BCUT2D eigenvalue weighted by molar-refractivity contribution is -0.123. The predicted molar refractivity (Wildman–Crippen MR) is 82.3 cm³/mol. The molecule has 22 heavy (non-hydrogen) atoms. The van der Waals surface area contributed by atoms with Crippen LogP contribution in [0.15, 0.2) is 27.8 Å². The Morgan fingerprint density at radius 1 is 1.45 bits per heavy atom. The van der Waals surface area contributed by atoms with E-state index in [1.165, 1.54) is 18.2 Å². The molecule has 8 heteroatoms. The van der Waals surface area contributed by atoms with Crippen molar-refractivity contribution < 1.29 is 19.2 Å². The number of oxime groups is 1. The first kappa shape index (κ1) is 16.4. The third-order valence-corrected chi connectivity index (χ3v) is 4.17. The standard InChI is InChI=1S/C14H15BrFN3O3/c15-11-7-10(1-2-12(11)16)17-14(18-22)13(21)9-3-5-19(8-20)6-4-9/h1-2,7-9,22H,3-6H2,(H,17,18). The number of carbonyl (C=O) groups is 2. The quantitative estimate of drug-likeness (QED) is 0.279. The smallest absolute Gasteiger partial charge is 0.213 e.